The van der Waals surface area contributed by atoms with E-state index < -0.39 is 18.2 Å². The van der Waals surface area contributed by atoms with Crippen LogP contribution >= 0.6 is 0 Å². The van der Waals surface area contributed by atoms with E-state index in [9.17, 15) is 14.0 Å². The summed E-state index contributed by atoms with van der Waals surface area (Å²) < 4.78 is 14.1. The van der Waals surface area contributed by atoms with Gasteiger partial charge in [-0.3, -0.25) is 4.79 Å². The van der Waals surface area contributed by atoms with Crippen LogP contribution in [0.4, 0.5) is 4.39 Å². The Morgan fingerprint density at radius 3 is 2.68 bits per heavy atom. The number of carbonyl (C=O) groups excluding carboxylic acids is 1. The molecule has 1 fully saturated rings. The van der Waals surface area contributed by atoms with Gasteiger partial charge in [-0.25, -0.2) is 9.18 Å². The molecule has 0 bridgehead atoms. The molecule has 1 atom stereocenters. The fraction of sp³-hybridized carbons (Fsp3) is 0.375. The number of hydrogen-bond donors (Lipinski definition) is 2. The number of nitrogens with zero attached hydrogens (tertiary/aromatic N) is 1. The van der Waals surface area contributed by atoms with Crippen LogP contribution in [0.3, 0.4) is 0 Å². The number of rotatable bonds is 2. The molecule has 1 aliphatic rings. The highest BCUT2D eigenvalue weighted by molar-refractivity contribution is 5.99. The molecule has 2 N–H and O–H groups in total. The smallest absolute Gasteiger partial charge is 0.343 e. The SMILES string of the molecule is Cc1cc(C)c2cc(C(=O)N3CCC(F)(C(=O)O)C3)[nH]c2c1. The number of amides is 1. The van der Waals surface area contributed by atoms with Gasteiger partial charge in [0.2, 0.25) is 5.67 Å². The molecule has 1 unspecified atom stereocenters. The van der Waals surface area contributed by atoms with E-state index in [1.54, 1.807) is 6.07 Å². The number of aliphatic carboxylic acids is 1. The lowest BCUT2D eigenvalue weighted by Gasteiger charge is -2.16. The van der Waals surface area contributed by atoms with E-state index in [2.05, 4.69) is 4.98 Å². The summed E-state index contributed by atoms with van der Waals surface area (Å²) in [6, 6.07) is 5.71. The molecule has 116 valence electrons. The second-order valence-corrected chi connectivity index (χ2v) is 5.97. The number of aromatic amines is 1. The van der Waals surface area contributed by atoms with E-state index >= 15 is 0 Å². The highest BCUT2D eigenvalue weighted by Crippen LogP contribution is 2.28. The molecule has 5 nitrogen and oxygen atoms in total. The van der Waals surface area contributed by atoms with Crippen LogP contribution in [0.2, 0.25) is 0 Å². The van der Waals surface area contributed by atoms with Crippen LogP contribution in [-0.2, 0) is 4.79 Å². The molecule has 2 aromatic rings. The van der Waals surface area contributed by atoms with E-state index in [1.165, 1.54) is 4.90 Å². The summed E-state index contributed by atoms with van der Waals surface area (Å²) in [7, 11) is 0. The number of carboxylic acid groups (broad SMARTS) is 1. The first-order valence-corrected chi connectivity index (χ1v) is 7.12. The molecule has 22 heavy (non-hydrogen) atoms. The molecule has 2 heterocycles. The van der Waals surface area contributed by atoms with Gasteiger partial charge >= 0.3 is 5.97 Å². The van der Waals surface area contributed by atoms with Crippen molar-refractivity contribution in [1.82, 2.24) is 9.88 Å². The van der Waals surface area contributed by atoms with Gasteiger partial charge in [0.25, 0.3) is 5.91 Å². The van der Waals surface area contributed by atoms with E-state index in [1.807, 2.05) is 26.0 Å². The Morgan fingerprint density at radius 1 is 1.32 bits per heavy atom. The summed E-state index contributed by atoms with van der Waals surface area (Å²) in [6.45, 7) is 3.63. The molecule has 3 rings (SSSR count). The minimum absolute atomic E-state index is 0.106. The van der Waals surface area contributed by atoms with Crippen molar-refractivity contribution in [3.63, 3.8) is 0 Å². The number of nitrogens with one attached hydrogen (secondary N) is 1. The largest absolute Gasteiger partial charge is 0.479 e. The lowest BCUT2D eigenvalue weighted by Crippen LogP contribution is -2.39. The van der Waals surface area contributed by atoms with Crippen molar-refractivity contribution >= 4 is 22.8 Å². The first-order valence-electron chi connectivity index (χ1n) is 7.12. The number of carbonyl (C=O) groups is 2. The van der Waals surface area contributed by atoms with Crippen molar-refractivity contribution in [3.8, 4) is 0 Å². The highest BCUT2D eigenvalue weighted by Gasteiger charge is 2.47. The summed E-state index contributed by atoms with van der Waals surface area (Å²) in [5.74, 6) is -1.88. The summed E-state index contributed by atoms with van der Waals surface area (Å²) >= 11 is 0. The van der Waals surface area contributed by atoms with E-state index in [-0.39, 0.29) is 18.9 Å². The van der Waals surface area contributed by atoms with Crippen LogP contribution in [0.15, 0.2) is 18.2 Å². The van der Waals surface area contributed by atoms with Crippen molar-refractivity contribution in [3.05, 3.63) is 35.0 Å². The van der Waals surface area contributed by atoms with E-state index in [0.29, 0.717) is 5.69 Å². The second-order valence-electron chi connectivity index (χ2n) is 5.97. The van der Waals surface area contributed by atoms with Gasteiger partial charge in [0, 0.05) is 23.9 Å². The minimum Gasteiger partial charge on any atom is -0.479 e. The van der Waals surface area contributed by atoms with Crippen LogP contribution in [-0.4, -0.2) is 45.6 Å². The Morgan fingerprint density at radius 2 is 2.05 bits per heavy atom. The summed E-state index contributed by atoms with van der Waals surface area (Å²) in [4.78, 5) is 27.7. The van der Waals surface area contributed by atoms with Crippen molar-refractivity contribution in [2.45, 2.75) is 25.9 Å². The fourth-order valence-electron chi connectivity index (χ4n) is 3.01. The number of H-pyrrole nitrogens is 1. The van der Waals surface area contributed by atoms with Crippen LogP contribution in [0, 0.1) is 13.8 Å². The highest BCUT2D eigenvalue weighted by atomic mass is 19.1. The van der Waals surface area contributed by atoms with Crippen LogP contribution in [0.5, 0.6) is 0 Å². The predicted octanol–water partition coefficient (Wildman–Crippen LogP) is 2.42. The number of likely N-dealkylation sites (tertiary alicyclic amines) is 1. The van der Waals surface area contributed by atoms with Crippen molar-refractivity contribution < 1.29 is 19.1 Å². The summed E-state index contributed by atoms with van der Waals surface area (Å²) in [5, 5.41) is 9.85. The number of hydrogen-bond acceptors (Lipinski definition) is 2. The Hall–Kier alpha value is -2.37. The fourth-order valence-corrected chi connectivity index (χ4v) is 3.01. The standard InChI is InChI=1S/C16H17FN2O3/c1-9-5-10(2)11-7-13(18-12(11)6-9)14(20)19-4-3-16(17,8-19)15(21)22/h5-7,18H,3-4,8H2,1-2H3,(H,21,22). The Kier molecular flexibility index (Phi) is 3.20. The van der Waals surface area contributed by atoms with Crippen molar-refractivity contribution in [1.29, 1.82) is 0 Å². The van der Waals surface area contributed by atoms with Crippen molar-refractivity contribution in [2.24, 2.45) is 0 Å². The third-order valence-corrected chi connectivity index (χ3v) is 4.21. The van der Waals surface area contributed by atoms with Crippen LogP contribution in [0.25, 0.3) is 10.9 Å². The molecule has 1 amide bonds. The molecule has 0 aliphatic carbocycles. The average Bonchev–Trinajstić information content (AvgIpc) is 3.03. The minimum atomic E-state index is -2.34. The number of aromatic nitrogens is 1. The Labute approximate surface area is 126 Å². The number of halogens is 1. The molecule has 1 aromatic carbocycles. The zero-order valence-electron chi connectivity index (χ0n) is 12.4. The Balaban J connectivity index is 1.90. The van der Waals surface area contributed by atoms with Gasteiger partial charge < -0.3 is 15.0 Å². The van der Waals surface area contributed by atoms with Gasteiger partial charge in [-0.2, -0.15) is 0 Å². The molecule has 0 saturated carbocycles. The maximum atomic E-state index is 14.1. The van der Waals surface area contributed by atoms with E-state index in [4.69, 9.17) is 5.11 Å². The number of fused-ring (bicyclic) bond motifs is 1. The first-order chi connectivity index (χ1) is 10.3. The molecular formula is C16H17FN2O3. The maximum absolute atomic E-state index is 14.1. The first kappa shape index (κ1) is 14.6. The molecule has 0 radical (unpaired) electrons. The zero-order valence-corrected chi connectivity index (χ0v) is 12.4. The monoisotopic (exact) mass is 304 g/mol. The predicted molar refractivity (Wildman–Crippen MR) is 79.8 cm³/mol. The molecule has 1 aromatic heterocycles. The van der Waals surface area contributed by atoms with Gasteiger partial charge in [-0.1, -0.05) is 6.07 Å². The average molecular weight is 304 g/mol. The quantitative estimate of drug-likeness (QED) is 0.895. The van der Waals surface area contributed by atoms with Gasteiger partial charge in [0.1, 0.15) is 5.69 Å². The second kappa shape index (κ2) is 4.83. The van der Waals surface area contributed by atoms with Gasteiger partial charge in [-0.15, -0.1) is 0 Å². The maximum Gasteiger partial charge on any atom is 0.343 e. The third kappa shape index (κ3) is 2.24. The van der Waals surface area contributed by atoms with Crippen LogP contribution < -0.4 is 0 Å². The number of alkyl halides is 1. The number of carboxylic acids is 1. The summed E-state index contributed by atoms with van der Waals surface area (Å²) in [6.07, 6.45) is -0.174. The zero-order chi connectivity index (χ0) is 16.1. The number of benzene rings is 1. The lowest BCUT2D eigenvalue weighted by molar-refractivity contribution is -0.149. The van der Waals surface area contributed by atoms with Crippen molar-refractivity contribution in [2.75, 3.05) is 13.1 Å². The topological polar surface area (TPSA) is 73.4 Å². The Bertz CT molecular complexity index is 783. The lowest BCUT2D eigenvalue weighted by atomic mass is 10.1. The third-order valence-electron chi connectivity index (χ3n) is 4.21. The molecular weight excluding hydrogens is 287 g/mol. The summed E-state index contributed by atoms with van der Waals surface area (Å²) in [5.41, 5.74) is 1.01. The van der Waals surface area contributed by atoms with Gasteiger partial charge in [0.05, 0.1) is 6.54 Å². The molecule has 1 aliphatic heterocycles. The van der Waals surface area contributed by atoms with Crippen LogP contribution in [0.1, 0.15) is 28.0 Å². The normalized spacial score (nSPS) is 21.5. The van der Waals surface area contributed by atoms with E-state index in [0.717, 1.165) is 22.0 Å². The molecule has 1 saturated heterocycles. The molecule has 6 heteroatoms. The van der Waals surface area contributed by atoms with Gasteiger partial charge in [0.15, 0.2) is 0 Å². The molecule has 0 spiro atoms. The van der Waals surface area contributed by atoms with Gasteiger partial charge in [-0.05, 0) is 37.1 Å². The number of aryl methyl sites for hydroxylation is 2.